The van der Waals surface area contributed by atoms with Crippen molar-refractivity contribution in [1.82, 2.24) is 5.32 Å². The summed E-state index contributed by atoms with van der Waals surface area (Å²) in [6.45, 7) is 0.689. The Morgan fingerprint density at radius 2 is 2.19 bits per heavy atom. The van der Waals surface area contributed by atoms with Gasteiger partial charge in [-0.15, -0.1) is 0 Å². The Labute approximate surface area is 129 Å². The third-order valence-corrected chi connectivity index (χ3v) is 4.42. The average Bonchev–Trinajstić information content (AvgIpc) is 2.48. The van der Waals surface area contributed by atoms with Crippen LogP contribution in [0.25, 0.3) is 0 Å². The molecule has 114 valence electrons. The molecule has 21 heavy (non-hydrogen) atoms. The highest BCUT2D eigenvalue weighted by Gasteiger charge is 2.08. The Balaban J connectivity index is 1.85. The summed E-state index contributed by atoms with van der Waals surface area (Å²) in [6.07, 6.45) is 9.85. The fourth-order valence-electron chi connectivity index (χ4n) is 2.61. The van der Waals surface area contributed by atoms with Gasteiger partial charge in [0.05, 0.1) is 0 Å². The van der Waals surface area contributed by atoms with Crippen molar-refractivity contribution in [3.63, 3.8) is 0 Å². The summed E-state index contributed by atoms with van der Waals surface area (Å²) in [4.78, 5) is 12.1. The molecule has 0 spiro atoms. The van der Waals surface area contributed by atoms with E-state index in [9.17, 15) is 9.00 Å². The molecule has 0 radical (unpaired) electrons. The number of hydrogen-bond acceptors (Lipinski definition) is 2. The zero-order valence-electron chi connectivity index (χ0n) is 12.6. The first-order chi connectivity index (χ1) is 10.1. The van der Waals surface area contributed by atoms with Gasteiger partial charge in [-0.3, -0.25) is 9.00 Å². The van der Waals surface area contributed by atoms with E-state index in [4.69, 9.17) is 0 Å². The van der Waals surface area contributed by atoms with Crippen LogP contribution in [-0.4, -0.2) is 22.9 Å². The molecule has 0 bridgehead atoms. The minimum absolute atomic E-state index is 0.0462. The quantitative estimate of drug-likeness (QED) is 0.821. The standard InChI is InChI=1S/C17H23NO2S/c1-21(20)13-15-8-5-9-16(12-15)17(19)18-11-10-14-6-3-2-4-7-14/h5-6,8-9,12H,2-4,7,10-11,13H2,1H3,(H,18,19). The van der Waals surface area contributed by atoms with Crippen LogP contribution in [-0.2, 0) is 16.6 Å². The first-order valence-electron chi connectivity index (χ1n) is 7.50. The van der Waals surface area contributed by atoms with Gasteiger partial charge in [0.2, 0.25) is 0 Å². The molecule has 3 nitrogen and oxygen atoms in total. The summed E-state index contributed by atoms with van der Waals surface area (Å²) in [5, 5.41) is 2.97. The van der Waals surface area contributed by atoms with E-state index in [0.29, 0.717) is 17.9 Å². The van der Waals surface area contributed by atoms with Crippen LogP contribution in [0.3, 0.4) is 0 Å². The van der Waals surface area contributed by atoms with Crippen LogP contribution in [0.1, 0.15) is 48.0 Å². The van der Waals surface area contributed by atoms with Crippen LogP contribution >= 0.6 is 0 Å². The van der Waals surface area contributed by atoms with Gasteiger partial charge in [-0.2, -0.15) is 0 Å². The number of carbonyl (C=O) groups is 1. The SMILES string of the molecule is CS(=O)Cc1cccc(C(=O)NCCC2=CCCCC2)c1. The van der Waals surface area contributed by atoms with Crippen molar-refractivity contribution >= 4 is 16.7 Å². The fourth-order valence-corrected chi connectivity index (χ4v) is 3.26. The maximum Gasteiger partial charge on any atom is 0.251 e. The minimum Gasteiger partial charge on any atom is -0.352 e. The number of hydrogen-bond donors (Lipinski definition) is 1. The summed E-state index contributed by atoms with van der Waals surface area (Å²) in [5.74, 6) is 0.448. The monoisotopic (exact) mass is 305 g/mol. The molecular formula is C17H23NO2S. The number of nitrogens with one attached hydrogen (secondary N) is 1. The van der Waals surface area contributed by atoms with E-state index in [2.05, 4.69) is 11.4 Å². The van der Waals surface area contributed by atoms with Crippen molar-refractivity contribution in [2.45, 2.75) is 37.9 Å². The lowest BCUT2D eigenvalue weighted by Gasteiger charge is -2.13. The summed E-state index contributed by atoms with van der Waals surface area (Å²) in [7, 11) is -0.886. The van der Waals surface area contributed by atoms with Crippen LogP contribution in [0.5, 0.6) is 0 Å². The minimum atomic E-state index is -0.886. The van der Waals surface area contributed by atoms with E-state index >= 15 is 0 Å². The lowest BCUT2D eigenvalue weighted by Crippen LogP contribution is -2.25. The molecule has 0 saturated carbocycles. The van der Waals surface area contributed by atoms with E-state index in [1.54, 1.807) is 12.3 Å². The average molecular weight is 305 g/mol. The van der Waals surface area contributed by atoms with Crippen molar-refractivity contribution < 1.29 is 9.00 Å². The predicted molar refractivity (Wildman–Crippen MR) is 87.7 cm³/mol. The number of amides is 1. The summed E-state index contributed by atoms with van der Waals surface area (Å²) < 4.78 is 11.2. The topological polar surface area (TPSA) is 46.2 Å². The van der Waals surface area contributed by atoms with Gasteiger partial charge in [0.25, 0.3) is 5.91 Å². The lowest BCUT2D eigenvalue weighted by atomic mass is 9.97. The van der Waals surface area contributed by atoms with Gasteiger partial charge in [0, 0.05) is 34.9 Å². The first-order valence-corrected chi connectivity index (χ1v) is 9.23. The van der Waals surface area contributed by atoms with Crippen LogP contribution in [0.2, 0.25) is 0 Å². The summed E-state index contributed by atoms with van der Waals surface area (Å²) in [6, 6.07) is 7.39. The third kappa shape index (κ3) is 5.46. The highest BCUT2D eigenvalue weighted by molar-refractivity contribution is 7.83. The fraction of sp³-hybridized carbons (Fsp3) is 0.471. The molecule has 1 aliphatic carbocycles. The summed E-state index contributed by atoms with van der Waals surface area (Å²) in [5.41, 5.74) is 3.06. The van der Waals surface area contributed by atoms with Crippen molar-refractivity contribution in [1.29, 1.82) is 0 Å². The molecule has 0 aliphatic heterocycles. The van der Waals surface area contributed by atoms with Gasteiger partial charge in [0.1, 0.15) is 0 Å². The maximum absolute atomic E-state index is 12.1. The second-order valence-electron chi connectivity index (χ2n) is 5.53. The first kappa shape index (κ1) is 16.0. The molecule has 1 amide bonds. The molecule has 1 N–H and O–H groups in total. The van der Waals surface area contributed by atoms with Gasteiger partial charge in [-0.25, -0.2) is 0 Å². The molecule has 1 aromatic carbocycles. The molecule has 1 aromatic rings. The smallest absolute Gasteiger partial charge is 0.251 e. The molecule has 0 fully saturated rings. The highest BCUT2D eigenvalue weighted by atomic mass is 32.2. The normalized spacial score (nSPS) is 16.1. The van der Waals surface area contributed by atoms with Crippen molar-refractivity contribution in [3.05, 3.63) is 47.0 Å². The van der Waals surface area contributed by atoms with Crippen LogP contribution in [0.4, 0.5) is 0 Å². The van der Waals surface area contributed by atoms with E-state index in [1.807, 2.05) is 18.2 Å². The Morgan fingerprint density at radius 1 is 1.33 bits per heavy atom. The van der Waals surface area contributed by atoms with E-state index in [1.165, 1.54) is 31.3 Å². The molecule has 4 heteroatoms. The second-order valence-corrected chi connectivity index (χ2v) is 6.97. The Kier molecular flexibility index (Phi) is 6.18. The molecule has 1 unspecified atom stereocenters. The number of rotatable bonds is 6. The molecule has 1 atom stereocenters. The second kappa shape index (κ2) is 8.13. The highest BCUT2D eigenvalue weighted by Crippen LogP contribution is 2.19. The van der Waals surface area contributed by atoms with E-state index in [-0.39, 0.29) is 5.91 Å². The zero-order chi connectivity index (χ0) is 15.1. The van der Waals surface area contributed by atoms with Crippen LogP contribution in [0.15, 0.2) is 35.9 Å². The Bertz CT molecular complexity index is 551. The Hall–Kier alpha value is -1.42. The number of carbonyl (C=O) groups excluding carboxylic acids is 1. The zero-order valence-corrected chi connectivity index (χ0v) is 13.4. The molecule has 1 aliphatic rings. The number of benzene rings is 1. The van der Waals surface area contributed by atoms with Crippen molar-refractivity contribution in [2.24, 2.45) is 0 Å². The molecular weight excluding hydrogens is 282 g/mol. The molecule has 0 saturated heterocycles. The number of allylic oxidation sites excluding steroid dienone is 1. The van der Waals surface area contributed by atoms with Gasteiger partial charge in [0.15, 0.2) is 0 Å². The van der Waals surface area contributed by atoms with Gasteiger partial charge >= 0.3 is 0 Å². The largest absolute Gasteiger partial charge is 0.352 e. The molecule has 2 rings (SSSR count). The van der Waals surface area contributed by atoms with Crippen LogP contribution < -0.4 is 5.32 Å². The van der Waals surface area contributed by atoms with Gasteiger partial charge in [-0.1, -0.05) is 23.8 Å². The van der Waals surface area contributed by atoms with Gasteiger partial charge in [-0.05, 0) is 49.8 Å². The van der Waals surface area contributed by atoms with E-state index in [0.717, 1.165) is 12.0 Å². The van der Waals surface area contributed by atoms with Gasteiger partial charge < -0.3 is 5.32 Å². The van der Waals surface area contributed by atoms with Crippen molar-refractivity contribution in [3.8, 4) is 0 Å². The van der Waals surface area contributed by atoms with Crippen molar-refractivity contribution in [2.75, 3.05) is 12.8 Å². The Morgan fingerprint density at radius 3 is 2.90 bits per heavy atom. The summed E-state index contributed by atoms with van der Waals surface area (Å²) >= 11 is 0. The predicted octanol–water partition coefficient (Wildman–Crippen LogP) is 3.19. The van der Waals surface area contributed by atoms with E-state index < -0.39 is 10.8 Å². The maximum atomic E-state index is 12.1. The van der Waals surface area contributed by atoms with Crippen LogP contribution in [0, 0.1) is 0 Å². The molecule has 0 heterocycles. The lowest BCUT2D eigenvalue weighted by molar-refractivity contribution is 0.0954. The molecule has 0 aromatic heterocycles. The third-order valence-electron chi connectivity index (χ3n) is 3.68.